The number of methoxy groups -OCH3 is 1. The van der Waals surface area contributed by atoms with Crippen molar-refractivity contribution in [1.82, 2.24) is 20.0 Å². The van der Waals surface area contributed by atoms with Gasteiger partial charge in [0.15, 0.2) is 5.82 Å². The van der Waals surface area contributed by atoms with E-state index in [4.69, 9.17) is 14.2 Å². The predicted octanol–water partition coefficient (Wildman–Crippen LogP) is 8.82. The fourth-order valence-electron chi connectivity index (χ4n) is 8.16. The molecule has 0 radical (unpaired) electrons. The Labute approximate surface area is 285 Å². The van der Waals surface area contributed by atoms with Gasteiger partial charge in [0.2, 0.25) is 0 Å². The topological polar surface area (TPSA) is 99.2 Å². The average molecular weight is 653 g/mol. The van der Waals surface area contributed by atoms with Crippen molar-refractivity contribution in [2.75, 3.05) is 7.11 Å². The lowest BCUT2D eigenvalue weighted by molar-refractivity contribution is -0.134. The van der Waals surface area contributed by atoms with Crippen molar-refractivity contribution < 1.29 is 18.8 Å². The Balaban J connectivity index is 1.13. The first-order valence-electron chi connectivity index (χ1n) is 17.5. The van der Waals surface area contributed by atoms with Gasteiger partial charge in [-0.05, 0) is 78.6 Å². The predicted molar refractivity (Wildman–Crippen MR) is 191 cm³/mol. The van der Waals surface area contributed by atoms with Crippen molar-refractivity contribution >= 4 is 34.9 Å². The fourth-order valence-corrected chi connectivity index (χ4v) is 8.16. The number of aromatic nitrogens is 3. The lowest BCUT2D eigenvalue weighted by Gasteiger charge is -2.26. The van der Waals surface area contributed by atoms with Gasteiger partial charge >= 0.3 is 5.97 Å². The number of hydrogen-bond donors (Lipinski definition) is 1. The van der Waals surface area contributed by atoms with Gasteiger partial charge in [0, 0.05) is 40.2 Å². The summed E-state index contributed by atoms with van der Waals surface area (Å²) in [5, 5.41) is 9.03. The maximum atomic E-state index is 14.2. The molecule has 8 heteroatoms. The van der Waals surface area contributed by atoms with E-state index in [1.165, 1.54) is 73.1 Å². The summed E-state index contributed by atoms with van der Waals surface area (Å²) in [7, 11) is 1.35. The quantitative estimate of drug-likeness (QED) is 0.139. The van der Waals surface area contributed by atoms with E-state index in [1.807, 2.05) is 30.3 Å². The first-order chi connectivity index (χ1) is 24.0. The molecule has 5 aromatic rings. The summed E-state index contributed by atoms with van der Waals surface area (Å²) in [4.78, 5) is 30.6. The molecule has 2 saturated carbocycles. The SMILES string of the molecule is COC(=O)/C=C/c1cccc(-c2nc(C3(NC(=O)c4ccc5c(C6CCCCC6)c6n(c5c4)CC=Cc4ccccc4-6)CCCC3)no2)c1. The van der Waals surface area contributed by atoms with Gasteiger partial charge in [0.25, 0.3) is 11.8 Å². The number of allylic oxidation sites excluding steroid dienone is 1. The van der Waals surface area contributed by atoms with Crippen LogP contribution in [-0.4, -0.2) is 33.7 Å². The zero-order valence-electron chi connectivity index (χ0n) is 27.8. The van der Waals surface area contributed by atoms with Crippen LogP contribution in [0.5, 0.6) is 0 Å². The van der Waals surface area contributed by atoms with Crippen LogP contribution in [0.25, 0.3) is 45.8 Å². The van der Waals surface area contributed by atoms with Crippen LogP contribution in [0, 0.1) is 0 Å². The molecule has 3 heterocycles. The standard InChI is InChI=1S/C41H40N4O4/c1-48-35(46)21-18-27-11-9-15-31(25-27)39-42-40(44-49-39)41(22-7-8-23-41)43-38(47)30-19-20-33-34(26-30)45-24-10-16-28-12-5-6-17-32(28)37(45)36(33)29-13-3-2-4-14-29/h5-6,9-12,15-21,25-26,29H,2-4,7-8,13-14,22-24H2,1H3,(H,43,47)/b21-18+. The van der Waals surface area contributed by atoms with E-state index in [9.17, 15) is 9.59 Å². The highest BCUT2D eigenvalue weighted by molar-refractivity contribution is 6.01. The van der Waals surface area contributed by atoms with Gasteiger partial charge in [0.05, 0.1) is 12.8 Å². The van der Waals surface area contributed by atoms with Gasteiger partial charge in [-0.25, -0.2) is 4.79 Å². The van der Waals surface area contributed by atoms with Crippen LogP contribution in [0.4, 0.5) is 0 Å². The molecule has 49 heavy (non-hydrogen) atoms. The van der Waals surface area contributed by atoms with Crippen LogP contribution >= 0.6 is 0 Å². The van der Waals surface area contributed by atoms with Gasteiger partial charge in [-0.15, -0.1) is 0 Å². The molecule has 3 aromatic carbocycles. The molecule has 2 aromatic heterocycles. The molecule has 1 N–H and O–H groups in total. The smallest absolute Gasteiger partial charge is 0.330 e. The Morgan fingerprint density at radius 2 is 1.82 bits per heavy atom. The second-order valence-electron chi connectivity index (χ2n) is 13.6. The van der Waals surface area contributed by atoms with Crippen molar-refractivity contribution in [1.29, 1.82) is 0 Å². The third-order valence-corrected chi connectivity index (χ3v) is 10.6. The van der Waals surface area contributed by atoms with E-state index >= 15 is 0 Å². The zero-order chi connectivity index (χ0) is 33.4. The summed E-state index contributed by atoms with van der Waals surface area (Å²) in [6.07, 6.45) is 17.1. The Kier molecular flexibility index (Phi) is 8.23. The van der Waals surface area contributed by atoms with Crippen LogP contribution in [0.1, 0.15) is 96.6 Å². The zero-order valence-corrected chi connectivity index (χ0v) is 27.8. The molecule has 8 rings (SSSR count). The largest absolute Gasteiger partial charge is 0.466 e. The molecule has 8 nitrogen and oxygen atoms in total. The van der Waals surface area contributed by atoms with Crippen LogP contribution in [0.15, 0.2) is 83.4 Å². The van der Waals surface area contributed by atoms with Crippen LogP contribution in [-0.2, 0) is 21.6 Å². The number of esters is 1. The lowest BCUT2D eigenvalue weighted by atomic mass is 9.81. The van der Waals surface area contributed by atoms with E-state index in [1.54, 1.807) is 6.08 Å². The second kappa shape index (κ2) is 13.0. The maximum Gasteiger partial charge on any atom is 0.330 e. The molecule has 2 fully saturated rings. The van der Waals surface area contributed by atoms with E-state index < -0.39 is 11.5 Å². The van der Waals surface area contributed by atoms with E-state index in [0.717, 1.165) is 48.9 Å². The number of ether oxygens (including phenoxy) is 1. The summed E-state index contributed by atoms with van der Waals surface area (Å²) in [5.41, 5.74) is 7.79. The summed E-state index contributed by atoms with van der Waals surface area (Å²) >= 11 is 0. The molecule has 0 unspecified atom stereocenters. The number of benzene rings is 3. The Morgan fingerprint density at radius 3 is 2.65 bits per heavy atom. The van der Waals surface area contributed by atoms with Gasteiger partial charge in [-0.1, -0.05) is 91.9 Å². The number of amides is 1. The highest BCUT2D eigenvalue weighted by Gasteiger charge is 2.42. The number of rotatable bonds is 7. The Morgan fingerprint density at radius 1 is 0.980 bits per heavy atom. The minimum absolute atomic E-state index is 0.135. The molecule has 0 atom stereocenters. The third-order valence-electron chi connectivity index (χ3n) is 10.6. The number of nitrogens with one attached hydrogen (secondary N) is 1. The Hall–Kier alpha value is -5.24. The molecule has 0 spiro atoms. The molecule has 248 valence electrons. The van der Waals surface area contributed by atoms with Gasteiger partial charge in [0.1, 0.15) is 5.54 Å². The normalized spacial score (nSPS) is 17.2. The van der Waals surface area contributed by atoms with Gasteiger partial charge in [-0.3, -0.25) is 4.79 Å². The molecule has 0 bridgehead atoms. The molecule has 0 saturated heterocycles. The molecular formula is C41H40N4O4. The van der Waals surface area contributed by atoms with Crippen LogP contribution in [0.2, 0.25) is 0 Å². The Bertz CT molecular complexity index is 2110. The van der Waals surface area contributed by atoms with Gasteiger partial charge in [-0.2, -0.15) is 4.98 Å². The number of nitrogens with zero attached hydrogens (tertiary/aromatic N) is 3. The van der Waals surface area contributed by atoms with E-state index in [-0.39, 0.29) is 5.91 Å². The third kappa shape index (κ3) is 5.79. The minimum Gasteiger partial charge on any atom is -0.466 e. The van der Waals surface area contributed by atoms with Crippen molar-refractivity contribution in [3.63, 3.8) is 0 Å². The summed E-state index contributed by atoms with van der Waals surface area (Å²) < 4.78 is 12.9. The van der Waals surface area contributed by atoms with Gasteiger partial charge < -0.3 is 19.1 Å². The summed E-state index contributed by atoms with van der Waals surface area (Å²) in [6, 6.07) is 22.5. The number of fused-ring (bicyclic) bond motifs is 5. The van der Waals surface area contributed by atoms with Crippen LogP contribution < -0.4 is 5.32 Å². The molecule has 1 amide bonds. The maximum absolute atomic E-state index is 14.2. The average Bonchev–Trinajstić information content (AvgIpc) is 3.87. The first kappa shape index (κ1) is 31.1. The molecule has 3 aliphatic rings. The molecule has 1 aliphatic heterocycles. The van der Waals surface area contributed by atoms with Crippen molar-refractivity contribution in [3.8, 4) is 22.7 Å². The number of carbonyl (C=O) groups excluding carboxylic acids is 2. The highest BCUT2D eigenvalue weighted by Crippen LogP contribution is 2.46. The highest BCUT2D eigenvalue weighted by atomic mass is 16.5. The molecular weight excluding hydrogens is 612 g/mol. The molecule has 2 aliphatic carbocycles. The number of carbonyl (C=O) groups is 2. The van der Waals surface area contributed by atoms with E-state index in [2.05, 4.69) is 63.6 Å². The van der Waals surface area contributed by atoms with E-state index in [0.29, 0.717) is 23.2 Å². The first-order valence-corrected chi connectivity index (χ1v) is 17.5. The summed E-state index contributed by atoms with van der Waals surface area (Å²) in [6.45, 7) is 0.758. The van der Waals surface area contributed by atoms with Crippen LogP contribution in [0.3, 0.4) is 0 Å². The lowest BCUT2D eigenvalue weighted by Crippen LogP contribution is -2.44. The summed E-state index contributed by atoms with van der Waals surface area (Å²) in [5.74, 6) is 0.803. The van der Waals surface area contributed by atoms with Crippen molar-refractivity contribution in [2.24, 2.45) is 0 Å². The number of hydrogen-bond acceptors (Lipinski definition) is 6. The monoisotopic (exact) mass is 652 g/mol. The second-order valence-corrected chi connectivity index (χ2v) is 13.6. The fraction of sp³-hybridized carbons (Fsp3) is 0.317. The van der Waals surface area contributed by atoms with Crippen molar-refractivity contribution in [3.05, 3.63) is 107 Å². The van der Waals surface area contributed by atoms with Crippen molar-refractivity contribution in [2.45, 2.75) is 75.8 Å². The minimum atomic E-state index is -0.721.